The van der Waals surface area contributed by atoms with E-state index >= 15 is 0 Å². The molecule has 108 valence electrons. The number of anilines is 2. The molecule has 0 aliphatic rings. The summed E-state index contributed by atoms with van der Waals surface area (Å²) in [5, 5.41) is 7.23. The standard InChI is InChI=1S/C11H14N10/c12-19-10-16-9(14-4-7-21-5-1-2-15-21)17-11(18-10)20-6-3-13-8-20/h1-3,5-6,8H,4,7,12H2,(H2,14,16,17,18,19). The first kappa shape index (κ1) is 13.0. The van der Waals surface area contributed by atoms with E-state index in [1.54, 1.807) is 29.5 Å². The van der Waals surface area contributed by atoms with Crippen LogP contribution in [0.1, 0.15) is 0 Å². The van der Waals surface area contributed by atoms with Crippen LogP contribution in [0.2, 0.25) is 0 Å². The fraction of sp³-hybridized carbons (Fsp3) is 0.182. The van der Waals surface area contributed by atoms with Crippen molar-refractivity contribution in [3.8, 4) is 5.95 Å². The maximum Gasteiger partial charge on any atom is 0.243 e. The minimum Gasteiger partial charge on any atom is -0.352 e. The third-order valence-corrected chi connectivity index (χ3v) is 2.67. The van der Waals surface area contributed by atoms with Crippen LogP contribution in [0.3, 0.4) is 0 Å². The predicted molar refractivity (Wildman–Crippen MR) is 75.5 cm³/mol. The highest BCUT2D eigenvalue weighted by Crippen LogP contribution is 2.08. The molecular formula is C11H14N10. The first-order chi connectivity index (χ1) is 10.3. The van der Waals surface area contributed by atoms with Gasteiger partial charge < -0.3 is 5.32 Å². The van der Waals surface area contributed by atoms with Crippen LogP contribution in [-0.2, 0) is 6.54 Å². The lowest BCUT2D eigenvalue weighted by molar-refractivity contribution is 0.635. The molecular weight excluding hydrogens is 272 g/mol. The molecule has 0 bridgehead atoms. The van der Waals surface area contributed by atoms with Gasteiger partial charge in [-0.2, -0.15) is 20.1 Å². The van der Waals surface area contributed by atoms with Crippen molar-refractivity contribution in [1.82, 2.24) is 34.3 Å². The van der Waals surface area contributed by atoms with Crippen LogP contribution in [0.15, 0.2) is 37.2 Å². The molecule has 0 aromatic carbocycles. The average molecular weight is 286 g/mol. The maximum atomic E-state index is 5.38. The first-order valence-corrected chi connectivity index (χ1v) is 6.27. The van der Waals surface area contributed by atoms with Crippen LogP contribution in [-0.4, -0.2) is 40.8 Å². The van der Waals surface area contributed by atoms with Crippen molar-refractivity contribution in [1.29, 1.82) is 0 Å². The Labute approximate surface area is 120 Å². The molecule has 0 saturated carbocycles. The molecule has 0 fully saturated rings. The van der Waals surface area contributed by atoms with Gasteiger partial charge in [0.1, 0.15) is 6.33 Å². The van der Waals surface area contributed by atoms with Crippen LogP contribution in [0.25, 0.3) is 5.95 Å². The lowest BCUT2D eigenvalue weighted by Crippen LogP contribution is -2.17. The zero-order chi connectivity index (χ0) is 14.5. The zero-order valence-corrected chi connectivity index (χ0v) is 11.1. The molecule has 0 atom stereocenters. The molecule has 10 heteroatoms. The summed E-state index contributed by atoms with van der Waals surface area (Å²) in [7, 11) is 0. The summed E-state index contributed by atoms with van der Waals surface area (Å²) in [6.07, 6.45) is 8.60. The summed E-state index contributed by atoms with van der Waals surface area (Å²) < 4.78 is 3.48. The predicted octanol–water partition coefficient (Wildman–Crippen LogP) is -0.349. The Morgan fingerprint density at radius 2 is 2.00 bits per heavy atom. The highest BCUT2D eigenvalue weighted by Gasteiger charge is 2.07. The lowest BCUT2D eigenvalue weighted by atomic mass is 10.6. The number of rotatable bonds is 6. The van der Waals surface area contributed by atoms with E-state index in [4.69, 9.17) is 5.84 Å². The second kappa shape index (κ2) is 5.96. The van der Waals surface area contributed by atoms with E-state index in [1.165, 1.54) is 0 Å². The molecule has 3 rings (SSSR count). The number of nitrogens with two attached hydrogens (primary N) is 1. The van der Waals surface area contributed by atoms with Crippen LogP contribution in [0.4, 0.5) is 11.9 Å². The quantitative estimate of drug-likeness (QED) is 0.415. The smallest absolute Gasteiger partial charge is 0.243 e. The Bertz CT molecular complexity index is 675. The Balaban J connectivity index is 1.73. The summed E-state index contributed by atoms with van der Waals surface area (Å²) in [5.41, 5.74) is 2.42. The van der Waals surface area contributed by atoms with E-state index in [9.17, 15) is 0 Å². The Morgan fingerprint density at radius 1 is 1.10 bits per heavy atom. The molecule has 0 spiro atoms. The minimum absolute atomic E-state index is 0.273. The Morgan fingerprint density at radius 3 is 2.71 bits per heavy atom. The van der Waals surface area contributed by atoms with Crippen molar-refractivity contribution in [2.24, 2.45) is 5.84 Å². The normalized spacial score (nSPS) is 10.5. The average Bonchev–Trinajstić information content (AvgIpc) is 3.20. The van der Waals surface area contributed by atoms with Gasteiger partial charge in [-0.15, -0.1) is 0 Å². The number of hydrogen-bond donors (Lipinski definition) is 3. The van der Waals surface area contributed by atoms with Crippen LogP contribution < -0.4 is 16.6 Å². The van der Waals surface area contributed by atoms with Crippen molar-refractivity contribution in [2.45, 2.75) is 6.54 Å². The molecule has 10 nitrogen and oxygen atoms in total. The molecule has 3 heterocycles. The van der Waals surface area contributed by atoms with Crippen molar-refractivity contribution < 1.29 is 0 Å². The van der Waals surface area contributed by atoms with E-state index in [-0.39, 0.29) is 5.95 Å². The van der Waals surface area contributed by atoms with E-state index < -0.39 is 0 Å². The summed E-state index contributed by atoms with van der Waals surface area (Å²) in [5.74, 6) is 6.50. The van der Waals surface area contributed by atoms with Crippen LogP contribution in [0, 0.1) is 0 Å². The van der Waals surface area contributed by atoms with Gasteiger partial charge in [0.25, 0.3) is 0 Å². The Kier molecular flexibility index (Phi) is 3.69. The third-order valence-electron chi connectivity index (χ3n) is 2.67. The number of imidazole rings is 1. The van der Waals surface area contributed by atoms with E-state index in [0.29, 0.717) is 25.0 Å². The SMILES string of the molecule is NNc1nc(NCCn2cccn2)nc(-n2ccnc2)n1. The van der Waals surface area contributed by atoms with E-state index in [0.717, 1.165) is 0 Å². The summed E-state index contributed by atoms with van der Waals surface area (Å²) in [6.45, 7) is 1.32. The van der Waals surface area contributed by atoms with Gasteiger partial charge in [-0.3, -0.25) is 14.7 Å². The number of nitrogens with one attached hydrogen (secondary N) is 2. The van der Waals surface area contributed by atoms with Crippen LogP contribution in [0.5, 0.6) is 0 Å². The number of nitrogens with zero attached hydrogens (tertiary/aromatic N) is 7. The second-order valence-corrected chi connectivity index (χ2v) is 4.09. The fourth-order valence-corrected chi connectivity index (χ4v) is 1.72. The highest BCUT2D eigenvalue weighted by molar-refractivity contribution is 5.37. The Hall–Kier alpha value is -3.01. The van der Waals surface area contributed by atoms with Crippen molar-refractivity contribution in [3.05, 3.63) is 37.2 Å². The number of hydrogen-bond acceptors (Lipinski definition) is 8. The zero-order valence-electron chi connectivity index (χ0n) is 11.1. The number of nitrogen functional groups attached to an aromatic ring is 1. The lowest BCUT2D eigenvalue weighted by Gasteiger charge is -2.08. The van der Waals surface area contributed by atoms with Gasteiger partial charge in [0.05, 0.1) is 6.54 Å². The minimum atomic E-state index is 0.273. The molecule has 3 aromatic rings. The van der Waals surface area contributed by atoms with Gasteiger partial charge in [0.2, 0.25) is 17.8 Å². The molecule has 0 aliphatic heterocycles. The van der Waals surface area contributed by atoms with Gasteiger partial charge in [0, 0.05) is 31.3 Å². The summed E-state index contributed by atoms with van der Waals surface area (Å²) in [6, 6.07) is 1.87. The van der Waals surface area contributed by atoms with Crippen molar-refractivity contribution >= 4 is 11.9 Å². The maximum absolute atomic E-state index is 5.38. The first-order valence-electron chi connectivity index (χ1n) is 6.27. The molecule has 0 amide bonds. The second-order valence-electron chi connectivity index (χ2n) is 4.09. The summed E-state index contributed by atoms with van der Waals surface area (Å²) in [4.78, 5) is 16.6. The van der Waals surface area contributed by atoms with Gasteiger partial charge in [-0.05, 0) is 6.07 Å². The van der Waals surface area contributed by atoms with Gasteiger partial charge in [-0.1, -0.05) is 0 Å². The molecule has 0 aliphatic carbocycles. The third kappa shape index (κ3) is 3.12. The topological polar surface area (TPSA) is 124 Å². The summed E-state index contributed by atoms with van der Waals surface area (Å²) >= 11 is 0. The van der Waals surface area contributed by atoms with Crippen molar-refractivity contribution in [3.63, 3.8) is 0 Å². The van der Waals surface area contributed by atoms with Crippen molar-refractivity contribution in [2.75, 3.05) is 17.3 Å². The molecule has 3 aromatic heterocycles. The largest absolute Gasteiger partial charge is 0.352 e. The number of hydrazine groups is 1. The van der Waals surface area contributed by atoms with Crippen LogP contribution >= 0.6 is 0 Å². The van der Waals surface area contributed by atoms with Gasteiger partial charge >= 0.3 is 0 Å². The number of aromatic nitrogens is 7. The van der Waals surface area contributed by atoms with E-state index in [2.05, 4.69) is 35.8 Å². The molecule has 0 saturated heterocycles. The van der Waals surface area contributed by atoms with E-state index in [1.807, 2.05) is 16.9 Å². The monoisotopic (exact) mass is 286 g/mol. The van der Waals surface area contributed by atoms with Gasteiger partial charge in [-0.25, -0.2) is 10.8 Å². The highest BCUT2D eigenvalue weighted by atomic mass is 15.4. The molecule has 0 unspecified atom stereocenters. The molecule has 4 N–H and O–H groups in total. The van der Waals surface area contributed by atoms with Gasteiger partial charge in [0.15, 0.2) is 0 Å². The fourth-order valence-electron chi connectivity index (χ4n) is 1.72. The molecule has 0 radical (unpaired) electrons. The molecule has 21 heavy (non-hydrogen) atoms.